The van der Waals surface area contributed by atoms with Crippen molar-refractivity contribution in [3.63, 3.8) is 0 Å². The molecule has 2 atom stereocenters. The van der Waals surface area contributed by atoms with Gasteiger partial charge in [-0.15, -0.1) is 5.10 Å². The van der Waals surface area contributed by atoms with Gasteiger partial charge in [0.05, 0.1) is 11.8 Å². The van der Waals surface area contributed by atoms with Crippen molar-refractivity contribution in [2.75, 3.05) is 5.32 Å². The molecule has 0 saturated carbocycles. The molecule has 0 aromatic carbocycles. The maximum absolute atomic E-state index is 12.0. The van der Waals surface area contributed by atoms with E-state index >= 15 is 0 Å². The number of hydrogen-bond donors (Lipinski definition) is 2. The van der Waals surface area contributed by atoms with Crippen molar-refractivity contribution >= 4 is 17.9 Å². The van der Waals surface area contributed by atoms with Gasteiger partial charge >= 0.3 is 12.0 Å². The zero-order valence-corrected chi connectivity index (χ0v) is 9.79. The fourth-order valence-corrected chi connectivity index (χ4v) is 1.92. The lowest BCUT2D eigenvalue weighted by molar-refractivity contribution is -0.146. The summed E-state index contributed by atoms with van der Waals surface area (Å²) in [4.78, 5) is 23.0. The number of amides is 1. The Morgan fingerprint density at radius 2 is 2.00 bits per heavy atom. The number of nitrogens with zero attached hydrogens (tertiary/aromatic N) is 2. The molecule has 2 N–H and O–H groups in total. The quantitative estimate of drug-likeness (QED) is 0.776. The number of aliphatic carboxylic acids is 1. The summed E-state index contributed by atoms with van der Waals surface area (Å²) in [6, 6.07) is -0.00353. The Hall–Kier alpha value is -2.18. The van der Waals surface area contributed by atoms with Gasteiger partial charge in [-0.2, -0.15) is 0 Å². The number of aryl methyl sites for hydroxylation is 1. The Morgan fingerprint density at radius 3 is 2.56 bits per heavy atom. The molecule has 0 fully saturated rings. The van der Waals surface area contributed by atoms with E-state index in [4.69, 9.17) is 9.52 Å². The molecule has 1 aliphatic rings. The van der Waals surface area contributed by atoms with Crippen molar-refractivity contribution in [1.82, 2.24) is 10.2 Å². The SMILES string of the molecule is Cc1nnc(NC(=O)[C@@H]2CC=CC[C@@H]2C(=O)O)o1. The first-order valence-electron chi connectivity index (χ1n) is 5.56. The van der Waals surface area contributed by atoms with Crippen LogP contribution >= 0.6 is 0 Å². The molecule has 1 amide bonds. The summed E-state index contributed by atoms with van der Waals surface area (Å²) in [7, 11) is 0. The molecule has 0 radical (unpaired) electrons. The molecule has 1 aromatic heterocycles. The van der Waals surface area contributed by atoms with Gasteiger partial charge in [-0.3, -0.25) is 14.9 Å². The van der Waals surface area contributed by atoms with Crippen molar-refractivity contribution in [3.05, 3.63) is 18.0 Å². The lowest BCUT2D eigenvalue weighted by Crippen LogP contribution is -2.34. The van der Waals surface area contributed by atoms with Crippen molar-refractivity contribution in [1.29, 1.82) is 0 Å². The summed E-state index contributed by atoms with van der Waals surface area (Å²) in [6.07, 6.45) is 4.34. The van der Waals surface area contributed by atoms with Crippen molar-refractivity contribution in [2.24, 2.45) is 11.8 Å². The molecule has 2 rings (SSSR count). The van der Waals surface area contributed by atoms with E-state index in [0.717, 1.165) is 0 Å². The Labute approximate surface area is 103 Å². The van der Waals surface area contributed by atoms with E-state index in [1.165, 1.54) is 0 Å². The molecule has 0 aliphatic heterocycles. The van der Waals surface area contributed by atoms with E-state index in [9.17, 15) is 9.59 Å². The van der Waals surface area contributed by atoms with E-state index in [0.29, 0.717) is 18.7 Å². The van der Waals surface area contributed by atoms with Crippen LogP contribution in [0, 0.1) is 18.8 Å². The van der Waals surface area contributed by atoms with Crippen LogP contribution in [0.3, 0.4) is 0 Å². The highest BCUT2D eigenvalue weighted by molar-refractivity contribution is 5.93. The Kier molecular flexibility index (Phi) is 3.40. The van der Waals surface area contributed by atoms with Gasteiger partial charge in [-0.1, -0.05) is 17.3 Å². The summed E-state index contributed by atoms with van der Waals surface area (Å²) in [5, 5.41) is 18.7. The topological polar surface area (TPSA) is 105 Å². The van der Waals surface area contributed by atoms with E-state index in [-0.39, 0.29) is 6.01 Å². The number of aromatic nitrogens is 2. The van der Waals surface area contributed by atoms with E-state index < -0.39 is 23.7 Å². The van der Waals surface area contributed by atoms with Crippen LogP contribution < -0.4 is 5.32 Å². The Balaban J connectivity index is 2.07. The van der Waals surface area contributed by atoms with Crippen LogP contribution in [0.4, 0.5) is 6.01 Å². The molecule has 0 bridgehead atoms. The second kappa shape index (κ2) is 4.99. The summed E-state index contributed by atoms with van der Waals surface area (Å²) >= 11 is 0. The minimum atomic E-state index is -0.971. The van der Waals surface area contributed by atoms with Gasteiger partial charge in [-0.05, 0) is 12.8 Å². The maximum Gasteiger partial charge on any atom is 0.322 e. The monoisotopic (exact) mass is 251 g/mol. The first-order chi connectivity index (χ1) is 8.58. The van der Waals surface area contributed by atoms with E-state index in [1.807, 2.05) is 6.08 Å². The molecule has 0 unspecified atom stereocenters. The molecule has 7 nitrogen and oxygen atoms in total. The fraction of sp³-hybridized carbons (Fsp3) is 0.455. The average Bonchev–Trinajstić information content (AvgIpc) is 2.74. The summed E-state index contributed by atoms with van der Waals surface area (Å²) in [5.74, 6) is -2.36. The normalized spacial score (nSPS) is 22.7. The molecule has 7 heteroatoms. The van der Waals surface area contributed by atoms with E-state index in [2.05, 4.69) is 15.5 Å². The minimum Gasteiger partial charge on any atom is -0.481 e. The zero-order chi connectivity index (χ0) is 13.1. The molecule has 18 heavy (non-hydrogen) atoms. The highest BCUT2D eigenvalue weighted by Crippen LogP contribution is 2.27. The van der Waals surface area contributed by atoms with Crippen LogP contribution in [0.15, 0.2) is 16.6 Å². The molecule has 1 heterocycles. The number of nitrogens with one attached hydrogen (secondary N) is 1. The van der Waals surface area contributed by atoms with Gasteiger partial charge < -0.3 is 9.52 Å². The van der Waals surface area contributed by atoms with Gasteiger partial charge in [0.1, 0.15) is 0 Å². The largest absolute Gasteiger partial charge is 0.481 e. The van der Waals surface area contributed by atoms with Crippen LogP contribution in [0.1, 0.15) is 18.7 Å². The second-order valence-corrected chi connectivity index (χ2v) is 4.11. The van der Waals surface area contributed by atoms with Crippen molar-refractivity contribution in [3.8, 4) is 0 Å². The highest BCUT2D eigenvalue weighted by Gasteiger charge is 2.34. The summed E-state index contributed by atoms with van der Waals surface area (Å²) in [6.45, 7) is 1.60. The Morgan fingerprint density at radius 1 is 1.33 bits per heavy atom. The molecular weight excluding hydrogens is 238 g/mol. The zero-order valence-electron chi connectivity index (χ0n) is 9.79. The maximum atomic E-state index is 12.0. The smallest absolute Gasteiger partial charge is 0.322 e. The number of carbonyl (C=O) groups excluding carboxylic acids is 1. The van der Waals surface area contributed by atoms with Crippen LogP contribution in [0.5, 0.6) is 0 Å². The number of hydrogen-bond acceptors (Lipinski definition) is 5. The first kappa shape index (κ1) is 12.3. The summed E-state index contributed by atoms with van der Waals surface area (Å²) < 4.78 is 5.02. The second-order valence-electron chi connectivity index (χ2n) is 4.11. The molecular formula is C11H13N3O4. The number of anilines is 1. The first-order valence-corrected chi connectivity index (χ1v) is 5.56. The molecule has 0 saturated heterocycles. The fourth-order valence-electron chi connectivity index (χ4n) is 1.92. The molecule has 96 valence electrons. The van der Waals surface area contributed by atoms with Gasteiger partial charge in [0.15, 0.2) is 0 Å². The minimum absolute atomic E-state index is 0.00353. The van der Waals surface area contributed by atoms with Crippen molar-refractivity contribution < 1.29 is 19.1 Å². The van der Waals surface area contributed by atoms with Crippen LogP contribution in [0.2, 0.25) is 0 Å². The van der Waals surface area contributed by atoms with Gasteiger partial charge in [0.2, 0.25) is 11.8 Å². The molecule has 1 aromatic rings. The summed E-state index contributed by atoms with van der Waals surface area (Å²) in [5.41, 5.74) is 0. The lowest BCUT2D eigenvalue weighted by atomic mass is 9.82. The number of allylic oxidation sites excluding steroid dienone is 2. The predicted octanol–water partition coefficient (Wildman–Crippen LogP) is 0.984. The number of carboxylic acids is 1. The van der Waals surface area contributed by atoms with Gasteiger partial charge in [0.25, 0.3) is 0 Å². The number of carbonyl (C=O) groups is 2. The van der Waals surface area contributed by atoms with Crippen molar-refractivity contribution in [2.45, 2.75) is 19.8 Å². The average molecular weight is 251 g/mol. The van der Waals surface area contributed by atoms with Gasteiger partial charge in [-0.25, -0.2) is 0 Å². The third-order valence-corrected chi connectivity index (χ3v) is 2.84. The predicted molar refractivity (Wildman–Crippen MR) is 60.7 cm³/mol. The standard InChI is InChI=1S/C11H13N3O4/c1-6-13-14-11(18-6)12-9(15)7-4-2-3-5-8(7)10(16)17/h2-3,7-8H,4-5H2,1H3,(H,16,17)(H,12,14,15)/t7-,8+/m1/s1. The Bertz CT molecular complexity index is 494. The lowest BCUT2D eigenvalue weighted by Gasteiger charge is -2.23. The third kappa shape index (κ3) is 2.55. The molecule has 1 aliphatic carbocycles. The molecule has 0 spiro atoms. The van der Waals surface area contributed by atoms with Gasteiger partial charge in [0, 0.05) is 6.92 Å². The number of carboxylic acid groups (broad SMARTS) is 1. The highest BCUT2D eigenvalue weighted by atomic mass is 16.4. The van der Waals surface area contributed by atoms with Crippen LogP contribution in [0.25, 0.3) is 0 Å². The van der Waals surface area contributed by atoms with Crippen LogP contribution in [-0.4, -0.2) is 27.2 Å². The number of rotatable bonds is 3. The van der Waals surface area contributed by atoms with Crippen LogP contribution in [-0.2, 0) is 9.59 Å². The third-order valence-electron chi connectivity index (χ3n) is 2.84. The van der Waals surface area contributed by atoms with E-state index in [1.54, 1.807) is 13.0 Å².